The topological polar surface area (TPSA) is 55.2 Å². The van der Waals surface area contributed by atoms with Gasteiger partial charge < -0.3 is 3.53 Å². The normalized spacial score (nSPS) is 12.4. The summed E-state index contributed by atoms with van der Waals surface area (Å²) < 4.78 is 40.6. The van der Waals surface area contributed by atoms with Gasteiger partial charge in [-0.3, -0.25) is 10.1 Å². The average molecular weight is 358 g/mol. The van der Waals surface area contributed by atoms with Gasteiger partial charge in [-0.2, -0.15) is 13.2 Å². The molecule has 0 amide bonds. The third kappa shape index (κ3) is 3.58. The Balaban J connectivity index is 3.38. The van der Waals surface area contributed by atoms with Crippen molar-refractivity contribution in [3.05, 3.63) is 46.1 Å². The summed E-state index contributed by atoms with van der Waals surface area (Å²) in [5.74, 6) is 0. The van der Waals surface area contributed by atoms with Gasteiger partial charge in [0.15, 0.2) is 0 Å². The minimum atomic E-state index is -4.78. The summed E-state index contributed by atoms with van der Waals surface area (Å²) in [6, 6.07) is 5.49. The summed E-state index contributed by atoms with van der Waals surface area (Å²) in [5.41, 5.74) is -1.38. The second-order valence-electron chi connectivity index (χ2n) is 2.97. The number of nitro groups is 1. The van der Waals surface area contributed by atoms with Crippen molar-refractivity contribution in [2.75, 3.05) is 3.53 Å². The van der Waals surface area contributed by atoms with Gasteiger partial charge in [0.25, 0.3) is 0 Å². The first kappa shape index (κ1) is 13.7. The molecule has 0 aliphatic carbocycles. The molecular formula is C9H6F3IN2O2. The molecule has 0 atom stereocenters. The van der Waals surface area contributed by atoms with Crippen LogP contribution >= 0.6 is 22.9 Å². The van der Waals surface area contributed by atoms with E-state index in [4.69, 9.17) is 0 Å². The van der Waals surface area contributed by atoms with Crippen LogP contribution in [0.5, 0.6) is 0 Å². The maximum absolute atomic E-state index is 12.7. The van der Waals surface area contributed by atoms with Crippen LogP contribution in [0.1, 0.15) is 5.56 Å². The molecule has 17 heavy (non-hydrogen) atoms. The maximum atomic E-state index is 12.7. The fourth-order valence-electron chi connectivity index (χ4n) is 1.20. The van der Waals surface area contributed by atoms with E-state index in [1.54, 1.807) is 22.9 Å². The summed E-state index contributed by atoms with van der Waals surface area (Å²) >= 11 is 1.66. The van der Waals surface area contributed by atoms with Gasteiger partial charge in [0.1, 0.15) is 5.57 Å². The first-order valence-corrected chi connectivity index (χ1v) is 5.32. The molecule has 0 unspecified atom stereocenters. The number of anilines is 1. The zero-order chi connectivity index (χ0) is 13.1. The molecule has 0 aromatic heterocycles. The van der Waals surface area contributed by atoms with Gasteiger partial charge in [0.2, 0.25) is 6.20 Å². The molecule has 0 aliphatic heterocycles. The number of nitrogens with zero attached hydrogens (tertiary/aromatic N) is 1. The molecule has 92 valence electrons. The van der Waals surface area contributed by atoms with E-state index in [1.165, 1.54) is 24.3 Å². The van der Waals surface area contributed by atoms with Crippen molar-refractivity contribution in [2.45, 2.75) is 6.18 Å². The molecule has 4 nitrogen and oxygen atoms in total. The summed E-state index contributed by atoms with van der Waals surface area (Å²) in [4.78, 5) is 9.12. The van der Waals surface area contributed by atoms with Gasteiger partial charge in [-0.1, -0.05) is 18.2 Å². The van der Waals surface area contributed by atoms with Crippen molar-refractivity contribution < 1.29 is 18.1 Å². The van der Waals surface area contributed by atoms with Crippen LogP contribution < -0.4 is 3.53 Å². The van der Waals surface area contributed by atoms with Crippen LogP contribution in [-0.2, 0) is 0 Å². The van der Waals surface area contributed by atoms with E-state index >= 15 is 0 Å². The van der Waals surface area contributed by atoms with E-state index in [0.717, 1.165) is 0 Å². The molecule has 0 heterocycles. The second-order valence-corrected chi connectivity index (χ2v) is 3.51. The Morgan fingerprint density at radius 2 is 2.00 bits per heavy atom. The van der Waals surface area contributed by atoms with E-state index in [2.05, 4.69) is 3.53 Å². The number of halogens is 4. The average Bonchev–Trinajstić information content (AvgIpc) is 2.24. The molecule has 8 heteroatoms. The predicted molar refractivity (Wildman–Crippen MR) is 65.1 cm³/mol. The van der Waals surface area contributed by atoms with Gasteiger partial charge in [-0.05, 0) is 6.07 Å². The number of benzene rings is 1. The Hall–Kier alpha value is -1.32. The monoisotopic (exact) mass is 358 g/mol. The third-order valence-corrected chi connectivity index (χ3v) is 2.44. The molecule has 1 aromatic carbocycles. The lowest BCUT2D eigenvalue weighted by Gasteiger charge is -2.12. The SMILES string of the molecule is O=[N+]([O-])/C=C(/c1ccccc1NI)C(F)(F)F. The number of nitrogens with one attached hydrogen (secondary N) is 1. The van der Waals surface area contributed by atoms with Crippen molar-refractivity contribution in [1.82, 2.24) is 0 Å². The zero-order valence-corrected chi connectivity index (χ0v) is 10.3. The predicted octanol–water partition coefficient (Wildman–Crippen LogP) is 3.63. The van der Waals surface area contributed by atoms with Crippen LogP contribution in [0, 0.1) is 10.1 Å². The highest BCUT2D eigenvalue weighted by Crippen LogP contribution is 2.37. The van der Waals surface area contributed by atoms with Crippen molar-refractivity contribution in [1.29, 1.82) is 0 Å². The number of para-hydroxylation sites is 1. The molecule has 0 saturated carbocycles. The minimum absolute atomic E-state index is 0.0349. The van der Waals surface area contributed by atoms with Crippen molar-refractivity contribution in [3.8, 4) is 0 Å². The summed E-state index contributed by atoms with van der Waals surface area (Å²) in [7, 11) is 0. The Kier molecular flexibility index (Phi) is 4.32. The quantitative estimate of drug-likeness (QED) is 0.389. The fraction of sp³-hybridized carbons (Fsp3) is 0.111. The lowest BCUT2D eigenvalue weighted by Crippen LogP contribution is -2.13. The summed E-state index contributed by atoms with van der Waals surface area (Å²) in [5, 5.41) is 10.2. The van der Waals surface area contributed by atoms with E-state index in [0.29, 0.717) is 0 Å². The molecular weight excluding hydrogens is 352 g/mol. The number of allylic oxidation sites excluding steroid dienone is 1. The smallest absolute Gasteiger partial charge is 0.328 e. The molecule has 1 rings (SSSR count). The first-order valence-electron chi connectivity index (χ1n) is 4.25. The first-order chi connectivity index (χ1) is 7.86. The van der Waals surface area contributed by atoms with Crippen molar-refractivity contribution in [2.24, 2.45) is 0 Å². The molecule has 0 radical (unpaired) electrons. The molecule has 0 bridgehead atoms. The zero-order valence-electron chi connectivity index (χ0n) is 8.16. The summed E-state index contributed by atoms with van der Waals surface area (Å²) in [6.07, 6.45) is -4.82. The largest absolute Gasteiger partial charge is 0.423 e. The Bertz CT molecular complexity index is 460. The molecule has 0 aliphatic rings. The molecule has 0 saturated heterocycles. The van der Waals surface area contributed by atoms with Crippen molar-refractivity contribution in [3.63, 3.8) is 0 Å². The lowest BCUT2D eigenvalue weighted by atomic mass is 10.0. The van der Waals surface area contributed by atoms with Crippen molar-refractivity contribution >= 4 is 34.1 Å². The van der Waals surface area contributed by atoms with Crippen LogP contribution in [0.15, 0.2) is 30.5 Å². The maximum Gasteiger partial charge on any atom is 0.423 e. The number of hydrogen-bond donors (Lipinski definition) is 1. The van der Waals surface area contributed by atoms with E-state index < -0.39 is 16.7 Å². The molecule has 0 fully saturated rings. The van der Waals surface area contributed by atoms with Crippen LogP contribution in [-0.4, -0.2) is 11.1 Å². The van der Waals surface area contributed by atoms with Gasteiger partial charge in [0, 0.05) is 5.56 Å². The Morgan fingerprint density at radius 3 is 2.47 bits per heavy atom. The Labute approximate surface area is 108 Å². The third-order valence-electron chi connectivity index (χ3n) is 1.86. The van der Waals surface area contributed by atoms with Crippen LogP contribution in [0.4, 0.5) is 18.9 Å². The molecule has 1 N–H and O–H groups in total. The Morgan fingerprint density at radius 1 is 1.41 bits per heavy atom. The van der Waals surface area contributed by atoms with Gasteiger partial charge in [0.05, 0.1) is 33.5 Å². The summed E-state index contributed by atoms with van der Waals surface area (Å²) in [6.45, 7) is 0. The van der Waals surface area contributed by atoms with Gasteiger partial charge in [-0.25, -0.2) is 0 Å². The van der Waals surface area contributed by atoms with Gasteiger partial charge >= 0.3 is 6.18 Å². The van der Waals surface area contributed by atoms with Crippen LogP contribution in [0.2, 0.25) is 0 Å². The molecule has 1 aromatic rings. The van der Waals surface area contributed by atoms with Crippen LogP contribution in [0.3, 0.4) is 0 Å². The van der Waals surface area contributed by atoms with E-state index in [9.17, 15) is 23.3 Å². The van der Waals surface area contributed by atoms with E-state index in [-0.39, 0.29) is 17.5 Å². The standard InChI is InChI=1S/C9H6F3IN2O2/c10-9(11,12)7(5-15(16)17)6-3-1-2-4-8(6)14-13/h1-5,14H/b7-5-. The second kappa shape index (κ2) is 5.34. The number of hydrogen-bond acceptors (Lipinski definition) is 3. The fourth-order valence-corrected chi connectivity index (χ4v) is 1.67. The van der Waals surface area contributed by atoms with E-state index in [1.807, 2.05) is 0 Å². The van der Waals surface area contributed by atoms with Crippen LogP contribution in [0.25, 0.3) is 5.57 Å². The highest BCUT2D eigenvalue weighted by Gasteiger charge is 2.38. The minimum Gasteiger partial charge on any atom is -0.328 e. The number of alkyl halides is 3. The highest BCUT2D eigenvalue weighted by atomic mass is 127. The number of rotatable bonds is 3. The lowest BCUT2D eigenvalue weighted by molar-refractivity contribution is -0.402. The highest BCUT2D eigenvalue weighted by molar-refractivity contribution is 14.1. The van der Waals surface area contributed by atoms with Gasteiger partial charge in [-0.15, -0.1) is 0 Å². The molecule has 0 spiro atoms.